The maximum atomic E-state index is 11.2. The van der Waals surface area contributed by atoms with E-state index in [1.165, 1.54) is 0 Å². The molecule has 0 atom stereocenters. The second-order valence-electron chi connectivity index (χ2n) is 5.49. The van der Waals surface area contributed by atoms with Gasteiger partial charge in [0.2, 0.25) is 0 Å². The molecule has 26 heavy (non-hydrogen) atoms. The third-order valence-corrected chi connectivity index (χ3v) is 4.59. The first kappa shape index (κ1) is 18.6. The minimum atomic E-state index is -0.194. The first-order valence-corrected chi connectivity index (χ1v) is 8.73. The number of rotatable bonds is 0. The van der Waals surface area contributed by atoms with E-state index in [2.05, 4.69) is 19.9 Å². The SMILES string of the molecule is Cc1nc2cccc(Cl)c2[nH]c1=O.Cc1nc2cccc(Cl)c2nc1Cl. The molecule has 0 aliphatic heterocycles. The van der Waals surface area contributed by atoms with Gasteiger partial charge >= 0.3 is 0 Å². The van der Waals surface area contributed by atoms with Crippen molar-refractivity contribution in [3.05, 3.63) is 73.3 Å². The summed E-state index contributed by atoms with van der Waals surface area (Å²) in [6.07, 6.45) is 0. The van der Waals surface area contributed by atoms with E-state index in [1.807, 2.05) is 25.1 Å². The Morgan fingerprint density at radius 3 is 2.15 bits per heavy atom. The molecule has 1 N–H and O–H groups in total. The number of benzene rings is 2. The maximum Gasteiger partial charge on any atom is 0.269 e. The van der Waals surface area contributed by atoms with E-state index in [0.29, 0.717) is 37.4 Å². The molecule has 0 unspecified atom stereocenters. The number of hydrogen-bond acceptors (Lipinski definition) is 4. The van der Waals surface area contributed by atoms with Crippen molar-refractivity contribution >= 4 is 56.9 Å². The zero-order valence-electron chi connectivity index (χ0n) is 13.8. The van der Waals surface area contributed by atoms with Crippen LogP contribution in [0.4, 0.5) is 0 Å². The molecule has 5 nitrogen and oxygen atoms in total. The number of nitrogens with zero attached hydrogens (tertiary/aromatic N) is 3. The van der Waals surface area contributed by atoms with Crippen molar-refractivity contribution < 1.29 is 0 Å². The van der Waals surface area contributed by atoms with Crippen LogP contribution in [0.2, 0.25) is 15.2 Å². The number of fused-ring (bicyclic) bond motifs is 2. The number of aryl methyl sites for hydroxylation is 2. The predicted molar refractivity (Wildman–Crippen MR) is 106 cm³/mol. The molecule has 0 fully saturated rings. The molecule has 4 rings (SSSR count). The highest BCUT2D eigenvalue weighted by molar-refractivity contribution is 6.35. The average Bonchev–Trinajstić information content (AvgIpc) is 2.60. The Kier molecular flexibility index (Phi) is 5.41. The summed E-state index contributed by atoms with van der Waals surface area (Å²) in [6.45, 7) is 3.48. The average molecular weight is 408 g/mol. The van der Waals surface area contributed by atoms with Crippen LogP contribution in [0.1, 0.15) is 11.4 Å². The van der Waals surface area contributed by atoms with E-state index in [0.717, 1.165) is 11.2 Å². The molecule has 8 heteroatoms. The summed E-state index contributed by atoms with van der Waals surface area (Å²) in [5.41, 5.74) is 3.71. The van der Waals surface area contributed by atoms with Crippen LogP contribution in [0.5, 0.6) is 0 Å². The summed E-state index contributed by atoms with van der Waals surface area (Å²) in [6, 6.07) is 10.8. The zero-order chi connectivity index (χ0) is 18.8. The quantitative estimate of drug-likeness (QED) is 0.438. The van der Waals surface area contributed by atoms with Crippen molar-refractivity contribution in [2.75, 3.05) is 0 Å². The molecule has 2 heterocycles. The van der Waals surface area contributed by atoms with Crippen LogP contribution in [-0.4, -0.2) is 19.9 Å². The van der Waals surface area contributed by atoms with Gasteiger partial charge in [-0.2, -0.15) is 0 Å². The fourth-order valence-electron chi connectivity index (χ4n) is 2.28. The Labute approximate surface area is 164 Å². The summed E-state index contributed by atoms with van der Waals surface area (Å²) in [5, 5.41) is 1.50. The summed E-state index contributed by atoms with van der Waals surface area (Å²) in [7, 11) is 0. The lowest BCUT2D eigenvalue weighted by atomic mass is 10.3. The van der Waals surface area contributed by atoms with Crippen molar-refractivity contribution in [2.45, 2.75) is 13.8 Å². The van der Waals surface area contributed by atoms with E-state index in [9.17, 15) is 4.79 Å². The maximum absolute atomic E-state index is 11.2. The number of hydrogen-bond donors (Lipinski definition) is 1. The molecule has 0 spiro atoms. The largest absolute Gasteiger partial charge is 0.318 e. The summed E-state index contributed by atoms with van der Waals surface area (Å²) in [4.78, 5) is 26.4. The topological polar surface area (TPSA) is 71.5 Å². The van der Waals surface area contributed by atoms with Gasteiger partial charge in [0, 0.05) is 0 Å². The Hall–Kier alpha value is -2.21. The van der Waals surface area contributed by atoms with Gasteiger partial charge in [-0.05, 0) is 38.1 Å². The first-order valence-electron chi connectivity index (χ1n) is 7.60. The van der Waals surface area contributed by atoms with Crippen molar-refractivity contribution in [2.24, 2.45) is 0 Å². The molecule has 0 aliphatic rings. The van der Waals surface area contributed by atoms with Crippen molar-refractivity contribution in [1.82, 2.24) is 19.9 Å². The standard InChI is InChI=1S/C9H6Cl2N2.C9H7ClN2O/c1-5-9(11)13-8-6(10)3-2-4-7(8)12-5;1-5-9(13)12-8-6(10)3-2-4-7(8)11-5/h2-4H,1H3;2-4H,1H3,(H,12,13). The van der Waals surface area contributed by atoms with Crippen LogP contribution >= 0.6 is 34.8 Å². The van der Waals surface area contributed by atoms with Gasteiger partial charge in [-0.25, -0.2) is 15.0 Å². The number of H-pyrrole nitrogens is 1. The molecular formula is C18H13Cl3N4O. The molecule has 132 valence electrons. The Morgan fingerprint density at radius 2 is 1.42 bits per heavy atom. The van der Waals surface area contributed by atoms with E-state index < -0.39 is 0 Å². The minimum absolute atomic E-state index is 0.194. The molecule has 2 aromatic heterocycles. The van der Waals surface area contributed by atoms with Crippen LogP contribution in [-0.2, 0) is 0 Å². The van der Waals surface area contributed by atoms with Crippen LogP contribution in [0, 0.1) is 13.8 Å². The Balaban J connectivity index is 0.000000151. The van der Waals surface area contributed by atoms with Gasteiger partial charge < -0.3 is 4.98 Å². The van der Waals surface area contributed by atoms with Crippen molar-refractivity contribution in [3.8, 4) is 0 Å². The van der Waals surface area contributed by atoms with Gasteiger partial charge in [-0.3, -0.25) is 4.79 Å². The monoisotopic (exact) mass is 406 g/mol. The van der Waals surface area contributed by atoms with E-state index >= 15 is 0 Å². The van der Waals surface area contributed by atoms with E-state index in [-0.39, 0.29) is 5.56 Å². The lowest BCUT2D eigenvalue weighted by Crippen LogP contribution is -2.11. The molecule has 0 aliphatic carbocycles. The first-order chi connectivity index (χ1) is 12.4. The van der Waals surface area contributed by atoms with Crippen LogP contribution < -0.4 is 5.56 Å². The van der Waals surface area contributed by atoms with Gasteiger partial charge in [-0.15, -0.1) is 0 Å². The Morgan fingerprint density at radius 1 is 0.808 bits per heavy atom. The van der Waals surface area contributed by atoms with Crippen molar-refractivity contribution in [1.29, 1.82) is 0 Å². The Bertz CT molecular complexity index is 1170. The summed E-state index contributed by atoms with van der Waals surface area (Å²) in [5.74, 6) is 0. The van der Waals surface area contributed by atoms with Gasteiger partial charge in [-0.1, -0.05) is 46.9 Å². The minimum Gasteiger partial charge on any atom is -0.318 e. The van der Waals surface area contributed by atoms with E-state index in [1.54, 1.807) is 25.1 Å². The highest BCUT2D eigenvalue weighted by atomic mass is 35.5. The number of aromatic amines is 1. The second kappa shape index (κ2) is 7.58. The van der Waals surface area contributed by atoms with Gasteiger partial charge in [0.1, 0.15) is 11.2 Å². The molecular weight excluding hydrogens is 395 g/mol. The zero-order valence-corrected chi connectivity index (χ0v) is 16.1. The highest BCUT2D eigenvalue weighted by Gasteiger charge is 2.05. The van der Waals surface area contributed by atoms with Gasteiger partial charge in [0.05, 0.1) is 32.3 Å². The molecule has 0 saturated heterocycles. The molecule has 0 bridgehead atoms. The van der Waals surface area contributed by atoms with Crippen LogP contribution in [0.25, 0.3) is 22.1 Å². The third kappa shape index (κ3) is 3.80. The molecule has 0 radical (unpaired) electrons. The summed E-state index contributed by atoms with van der Waals surface area (Å²) < 4.78 is 0. The number of para-hydroxylation sites is 2. The third-order valence-electron chi connectivity index (χ3n) is 3.61. The molecule has 0 saturated carbocycles. The van der Waals surface area contributed by atoms with Crippen molar-refractivity contribution in [3.63, 3.8) is 0 Å². The van der Waals surface area contributed by atoms with Gasteiger partial charge in [0.15, 0.2) is 5.15 Å². The number of halogens is 3. The van der Waals surface area contributed by atoms with Crippen LogP contribution in [0.3, 0.4) is 0 Å². The van der Waals surface area contributed by atoms with Crippen LogP contribution in [0.15, 0.2) is 41.2 Å². The summed E-state index contributed by atoms with van der Waals surface area (Å²) >= 11 is 17.6. The lowest BCUT2D eigenvalue weighted by molar-refractivity contribution is 1.12. The predicted octanol–water partition coefficient (Wildman–Crippen LogP) is 5.13. The van der Waals surface area contributed by atoms with E-state index in [4.69, 9.17) is 34.8 Å². The fourth-order valence-corrected chi connectivity index (χ4v) is 2.83. The highest BCUT2D eigenvalue weighted by Crippen LogP contribution is 2.22. The molecule has 0 amide bonds. The molecule has 2 aromatic carbocycles. The number of aromatic nitrogens is 4. The smallest absolute Gasteiger partial charge is 0.269 e. The normalized spacial score (nSPS) is 10.7. The second-order valence-corrected chi connectivity index (χ2v) is 6.67. The number of nitrogens with one attached hydrogen (secondary N) is 1. The molecule has 4 aromatic rings. The van der Waals surface area contributed by atoms with Gasteiger partial charge in [0.25, 0.3) is 5.56 Å². The lowest BCUT2D eigenvalue weighted by Gasteiger charge is -2.01. The fraction of sp³-hybridized carbons (Fsp3) is 0.111.